The molecule has 0 aromatic carbocycles. The van der Waals surface area contributed by atoms with Gasteiger partial charge in [-0.05, 0) is 19.9 Å². The molecule has 74 valence electrons. The van der Waals surface area contributed by atoms with E-state index in [0.717, 1.165) is 19.5 Å². The highest BCUT2D eigenvalue weighted by Gasteiger charge is 2.37. The molecule has 0 spiro atoms. The molecule has 0 aliphatic carbocycles. The van der Waals surface area contributed by atoms with E-state index in [-0.39, 0.29) is 18.1 Å². The molecule has 2 aliphatic heterocycles. The van der Waals surface area contributed by atoms with E-state index in [1.165, 1.54) is 0 Å². The summed E-state index contributed by atoms with van der Waals surface area (Å²) in [4.78, 5) is 15.6. The molecule has 4 nitrogen and oxygen atoms in total. The van der Waals surface area contributed by atoms with E-state index in [0.29, 0.717) is 13.0 Å². The van der Waals surface area contributed by atoms with Gasteiger partial charge in [0, 0.05) is 19.6 Å². The first-order valence-corrected chi connectivity index (χ1v) is 4.85. The molecule has 0 radical (unpaired) electrons. The monoisotopic (exact) mass is 184 g/mol. The van der Waals surface area contributed by atoms with Crippen LogP contribution in [0.4, 0.5) is 0 Å². The Labute approximate surface area is 78.1 Å². The number of hydrogen-bond donors (Lipinski definition) is 1. The third-order valence-electron chi connectivity index (χ3n) is 2.98. The first-order valence-electron chi connectivity index (χ1n) is 4.85. The average molecular weight is 184 g/mol. The van der Waals surface area contributed by atoms with Crippen molar-refractivity contribution < 1.29 is 9.90 Å². The van der Waals surface area contributed by atoms with Crippen LogP contribution in [0.25, 0.3) is 0 Å². The molecule has 1 amide bonds. The van der Waals surface area contributed by atoms with Crippen molar-refractivity contribution >= 4 is 5.91 Å². The van der Waals surface area contributed by atoms with Crippen molar-refractivity contribution in [1.82, 2.24) is 9.80 Å². The number of hydrogen-bond acceptors (Lipinski definition) is 3. The highest BCUT2D eigenvalue weighted by atomic mass is 16.3. The van der Waals surface area contributed by atoms with E-state index >= 15 is 0 Å². The molecule has 2 fully saturated rings. The zero-order valence-electron chi connectivity index (χ0n) is 7.94. The Hall–Kier alpha value is -0.610. The van der Waals surface area contributed by atoms with Gasteiger partial charge in [0.2, 0.25) is 5.91 Å². The molecular formula is C9H16N2O2. The molecule has 0 aromatic heterocycles. The molecule has 2 aliphatic rings. The van der Waals surface area contributed by atoms with Crippen molar-refractivity contribution in [1.29, 1.82) is 0 Å². The van der Waals surface area contributed by atoms with Crippen LogP contribution < -0.4 is 0 Å². The minimum atomic E-state index is -0.319. The largest absolute Gasteiger partial charge is 0.392 e. The fourth-order valence-electron chi connectivity index (χ4n) is 2.01. The fourth-order valence-corrected chi connectivity index (χ4v) is 2.01. The van der Waals surface area contributed by atoms with E-state index in [1.54, 1.807) is 0 Å². The van der Waals surface area contributed by atoms with Crippen LogP contribution in [-0.4, -0.2) is 59.6 Å². The van der Waals surface area contributed by atoms with Crippen LogP contribution in [0, 0.1) is 0 Å². The summed E-state index contributed by atoms with van der Waals surface area (Å²) in [5, 5.41) is 9.38. The normalized spacial score (nSPS) is 34.8. The van der Waals surface area contributed by atoms with Gasteiger partial charge in [0.1, 0.15) is 0 Å². The SMILES string of the molecule is CN1C[C@H](O)CC1C(=O)N1CCC1. The van der Waals surface area contributed by atoms with Crippen LogP contribution in [0.5, 0.6) is 0 Å². The van der Waals surface area contributed by atoms with Gasteiger partial charge in [-0.3, -0.25) is 9.69 Å². The smallest absolute Gasteiger partial charge is 0.240 e. The molecule has 2 rings (SSSR count). The number of aliphatic hydroxyl groups is 1. The van der Waals surface area contributed by atoms with E-state index in [4.69, 9.17) is 0 Å². The Balaban J connectivity index is 1.95. The Morgan fingerprint density at radius 2 is 2.15 bits per heavy atom. The molecule has 0 saturated carbocycles. The van der Waals surface area contributed by atoms with Gasteiger partial charge in [-0.25, -0.2) is 0 Å². The lowest BCUT2D eigenvalue weighted by Crippen LogP contribution is -2.50. The van der Waals surface area contributed by atoms with Crippen molar-refractivity contribution in [2.45, 2.75) is 25.0 Å². The number of likely N-dealkylation sites (N-methyl/N-ethyl adjacent to an activating group) is 1. The van der Waals surface area contributed by atoms with Crippen molar-refractivity contribution in [3.05, 3.63) is 0 Å². The molecule has 2 atom stereocenters. The van der Waals surface area contributed by atoms with Crippen molar-refractivity contribution in [3.8, 4) is 0 Å². The first kappa shape index (κ1) is 8.97. The van der Waals surface area contributed by atoms with Crippen LogP contribution in [0.15, 0.2) is 0 Å². The summed E-state index contributed by atoms with van der Waals surface area (Å²) < 4.78 is 0. The van der Waals surface area contributed by atoms with E-state index < -0.39 is 0 Å². The van der Waals surface area contributed by atoms with Crippen molar-refractivity contribution in [3.63, 3.8) is 0 Å². The number of amides is 1. The Morgan fingerprint density at radius 3 is 2.54 bits per heavy atom. The maximum Gasteiger partial charge on any atom is 0.240 e. The number of β-amino-alcohol motifs (C(OH)–C–C–N with tert-alkyl or cyclic N) is 1. The van der Waals surface area contributed by atoms with Gasteiger partial charge in [0.05, 0.1) is 12.1 Å². The number of carbonyl (C=O) groups excluding carboxylic acids is 1. The van der Waals surface area contributed by atoms with Gasteiger partial charge in [-0.15, -0.1) is 0 Å². The predicted molar refractivity (Wildman–Crippen MR) is 48.2 cm³/mol. The third-order valence-corrected chi connectivity index (χ3v) is 2.98. The lowest BCUT2D eigenvalue weighted by Gasteiger charge is -2.34. The fraction of sp³-hybridized carbons (Fsp3) is 0.889. The topological polar surface area (TPSA) is 43.8 Å². The average Bonchev–Trinajstić information content (AvgIpc) is 2.26. The minimum absolute atomic E-state index is 0.0738. The molecule has 4 heteroatoms. The summed E-state index contributed by atoms with van der Waals surface area (Å²) in [7, 11) is 1.90. The number of likely N-dealkylation sites (tertiary alicyclic amines) is 2. The second-order valence-electron chi connectivity index (χ2n) is 4.02. The predicted octanol–water partition coefficient (Wildman–Crippen LogP) is -0.716. The molecule has 13 heavy (non-hydrogen) atoms. The quantitative estimate of drug-likeness (QED) is 0.585. The molecule has 2 saturated heterocycles. The van der Waals surface area contributed by atoms with Crippen LogP contribution in [-0.2, 0) is 4.79 Å². The van der Waals surface area contributed by atoms with Crippen molar-refractivity contribution in [2.75, 3.05) is 26.7 Å². The van der Waals surface area contributed by atoms with E-state index in [1.807, 2.05) is 16.8 Å². The summed E-state index contributed by atoms with van der Waals surface area (Å²) in [5.41, 5.74) is 0. The van der Waals surface area contributed by atoms with Crippen LogP contribution >= 0.6 is 0 Å². The van der Waals surface area contributed by atoms with Gasteiger partial charge in [-0.2, -0.15) is 0 Å². The number of aliphatic hydroxyl groups excluding tert-OH is 1. The standard InChI is InChI=1S/C9H16N2O2/c1-10-6-7(12)5-8(10)9(13)11-3-2-4-11/h7-8,12H,2-6H2,1H3/t7-,8?/m1/s1. The Kier molecular flexibility index (Phi) is 2.26. The summed E-state index contributed by atoms with van der Waals surface area (Å²) >= 11 is 0. The Morgan fingerprint density at radius 1 is 1.46 bits per heavy atom. The molecule has 2 heterocycles. The zero-order chi connectivity index (χ0) is 9.42. The highest BCUT2D eigenvalue weighted by Crippen LogP contribution is 2.20. The summed E-state index contributed by atoms with van der Waals surface area (Å²) in [6.07, 6.45) is 1.41. The highest BCUT2D eigenvalue weighted by molar-refractivity contribution is 5.82. The third kappa shape index (κ3) is 1.56. The molecule has 0 bridgehead atoms. The Bertz CT molecular complexity index is 216. The maximum absolute atomic E-state index is 11.8. The van der Waals surface area contributed by atoms with E-state index in [9.17, 15) is 9.90 Å². The lowest BCUT2D eigenvalue weighted by molar-refractivity contribution is -0.139. The summed E-state index contributed by atoms with van der Waals surface area (Å²) in [5.74, 6) is 0.199. The van der Waals surface area contributed by atoms with Crippen LogP contribution in [0.1, 0.15) is 12.8 Å². The second kappa shape index (κ2) is 3.27. The summed E-state index contributed by atoms with van der Waals surface area (Å²) in [6, 6.07) is -0.0738. The molecular weight excluding hydrogens is 168 g/mol. The molecule has 0 aromatic rings. The maximum atomic E-state index is 11.8. The molecule has 1 unspecified atom stereocenters. The number of nitrogens with zero attached hydrogens (tertiary/aromatic N) is 2. The van der Waals surface area contributed by atoms with Gasteiger partial charge in [-0.1, -0.05) is 0 Å². The van der Waals surface area contributed by atoms with Gasteiger partial charge in [0.15, 0.2) is 0 Å². The van der Waals surface area contributed by atoms with Gasteiger partial charge < -0.3 is 10.0 Å². The van der Waals surface area contributed by atoms with Gasteiger partial charge >= 0.3 is 0 Å². The van der Waals surface area contributed by atoms with Gasteiger partial charge in [0.25, 0.3) is 0 Å². The second-order valence-corrected chi connectivity index (χ2v) is 4.02. The van der Waals surface area contributed by atoms with E-state index in [2.05, 4.69) is 0 Å². The molecule has 1 N–H and O–H groups in total. The first-order chi connectivity index (χ1) is 6.18. The van der Waals surface area contributed by atoms with Crippen LogP contribution in [0.3, 0.4) is 0 Å². The minimum Gasteiger partial charge on any atom is -0.392 e. The summed E-state index contributed by atoms with van der Waals surface area (Å²) in [6.45, 7) is 2.43. The number of rotatable bonds is 1. The number of carbonyl (C=O) groups is 1. The zero-order valence-corrected chi connectivity index (χ0v) is 7.94. The van der Waals surface area contributed by atoms with Crippen molar-refractivity contribution in [2.24, 2.45) is 0 Å². The lowest BCUT2D eigenvalue weighted by atomic mass is 10.1. The van der Waals surface area contributed by atoms with Crippen LogP contribution in [0.2, 0.25) is 0 Å².